The van der Waals surface area contributed by atoms with Crippen LogP contribution in [0.15, 0.2) is 183 Å². The second-order valence-corrected chi connectivity index (χ2v) is 14.2. The molecule has 9 heteroatoms. The monoisotopic (exact) mass is 751 g/mol. The van der Waals surface area contributed by atoms with Crippen molar-refractivity contribution in [3.05, 3.63) is 183 Å². The Kier molecular flexibility index (Phi) is 7.82. The number of fused-ring (bicyclic) bond motifs is 6. The van der Waals surface area contributed by atoms with Gasteiger partial charge in [-0.3, -0.25) is 9.13 Å². The van der Waals surface area contributed by atoms with E-state index < -0.39 is 0 Å². The second kappa shape index (κ2) is 13.6. The fourth-order valence-corrected chi connectivity index (χ4v) is 7.88. The molecule has 0 aliphatic carbocycles. The highest BCUT2D eigenvalue weighted by Crippen LogP contribution is 2.39. The molecule has 0 amide bonds. The van der Waals surface area contributed by atoms with Gasteiger partial charge in [-0.1, -0.05) is 48.5 Å². The van der Waals surface area contributed by atoms with Gasteiger partial charge in [0.05, 0.1) is 22.1 Å². The lowest BCUT2D eigenvalue weighted by atomic mass is 10.1. The zero-order chi connectivity index (χ0) is 38.6. The van der Waals surface area contributed by atoms with Gasteiger partial charge in [0.1, 0.15) is 34.6 Å². The largest absolute Gasteiger partial charge is 0.457 e. The number of pyridine rings is 2. The molecule has 0 atom stereocenters. The average molecular weight is 752 g/mol. The van der Waals surface area contributed by atoms with Gasteiger partial charge in [-0.15, -0.1) is 0 Å². The van der Waals surface area contributed by atoms with E-state index in [1.807, 2.05) is 122 Å². The summed E-state index contributed by atoms with van der Waals surface area (Å²) in [4.78, 5) is 19.0. The smallest absolute Gasteiger partial charge is 0.159 e. The summed E-state index contributed by atoms with van der Waals surface area (Å²) in [5.74, 6) is 4.69. The molecule has 0 radical (unpaired) electrons. The first-order valence-corrected chi connectivity index (χ1v) is 19.0. The van der Waals surface area contributed by atoms with Gasteiger partial charge in [-0.2, -0.15) is 0 Å². The van der Waals surface area contributed by atoms with Crippen molar-refractivity contribution in [3.63, 3.8) is 0 Å². The molecule has 0 spiro atoms. The van der Waals surface area contributed by atoms with Gasteiger partial charge in [-0.25, -0.2) is 19.9 Å². The number of rotatable bonds is 8. The van der Waals surface area contributed by atoms with Crippen LogP contribution in [0.25, 0.3) is 77.8 Å². The van der Waals surface area contributed by atoms with E-state index in [0.717, 1.165) is 71.9 Å². The van der Waals surface area contributed by atoms with Crippen molar-refractivity contribution < 1.29 is 9.47 Å². The van der Waals surface area contributed by atoms with Crippen LogP contribution >= 0.6 is 0 Å². The van der Waals surface area contributed by atoms with E-state index in [0.29, 0.717) is 28.8 Å². The quantitative estimate of drug-likeness (QED) is 0.154. The third-order valence-corrected chi connectivity index (χ3v) is 10.5. The average Bonchev–Trinajstić information content (AvgIpc) is 3.95. The minimum atomic E-state index is 0.548. The molecule has 0 saturated heterocycles. The molecular weight excluding hydrogens is 719 g/mol. The topological polar surface area (TPSA) is 84.8 Å². The van der Waals surface area contributed by atoms with E-state index in [2.05, 4.69) is 81.9 Å². The first-order valence-electron chi connectivity index (χ1n) is 19.0. The number of nitrogens with zero attached hydrogens (tertiary/aromatic N) is 7. The van der Waals surface area contributed by atoms with Crippen molar-refractivity contribution in [2.75, 3.05) is 0 Å². The van der Waals surface area contributed by atoms with Crippen LogP contribution in [0.2, 0.25) is 0 Å². The van der Waals surface area contributed by atoms with Gasteiger partial charge in [0.15, 0.2) is 5.82 Å². The van der Waals surface area contributed by atoms with E-state index in [1.165, 1.54) is 0 Å². The molecule has 0 aliphatic rings. The molecule has 11 rings (SSSR count). The summed E-state index contributed by atoms with van der Waals surface area (Å²) in [6, 6.07) is 48.8. The van der Waals surface area contributed by atoms with Crippen LogP contribution in [0.1, 0.15) is 0 Å². The Hall–Kier alpha value is -8.04. The molecule has 6 heterocycles. The highest BCUT2D eigenvalue weighted by molar-refractivity contribution is 6.10. The minimum absolute atomic E-state index is 0.548. The van der Waals surface area contributed by atoms with Crippen LogP contribution in [0, 0.1) is 0 Å². The van der Waals surface area contributed by atoms with Crippen LogP contribution < -0.4 is 9.47 Å². The maximum Gasteiger partial charge on any atom is 0.159 e. The third kappa shape index (κ3) is 5.81. The van der Waals surface area contributed by atoms with Gasteiger partial charge < -0.3 is 14.0 Å². The Bertz CT molecular complexity index is 3120. The summed E-state index contributed by atoms with van der Waals surface area (Å²) < 4.78 is 19.8. The molecule has 0 fully saturated rings. The molecule has 0 aliphatic heterocycles. The summed E-state index contributed by atoms with van der Waals surface area (Å²) in [5, 5.41) is 4.50. The SMILES string of the molecule is Cn1ccc(-c2cnc(-c3cc(Oc4ccc5c6ccccc6n(-c6ccccn6)c5c4)cc(Oc4ccc5c6ccccc6n(-c6ccccn6)c5c4)c3)nc2)c1. The Balaban J connectivity index is 1.02. The molecular formula is C49H33N7O2. The van der Waals surface area contributed by atoms with E-state index in [9.17, 15) is 0 Å². The number of aromatic nitrogens is 7. The molecule has 276 valence electrons. The molecule has 11 aromatic rings. The van der Waals surface area contributed by atoms with Crippen molar-refractivity contribution in [2.45, 2.75) is 0 Å². The van der Waals surface area contributed by atoms with E-state index in [-0.39, 0.29) is 0 Å². The summed E-state index contributed by atoms with van der Waals surface area (Å²) in [7, 11) is 2.00. The summed E-state index contributed by atoms with van der Waals surface area (Å²) in [6.45, 7) is 0. The van der Waals surface area contributed by atoms with Crippen LogP contribution in [0.3, 0.4) is 0 Å². The first kappa shape index (κ1) is 33.3. The van der Waals surface area contributed by atoms with E-state index in [1.54, 1.807) is 0 Å². The van der Waals surface area contributed by atoms with Gasteiger partial charge in [-0.05, 0) is 78.9 Å². The molecule has 5 aromatic carbocycles. The van der Waals surface area contributed by atoms with Crippen LogP contribution in [-0.2, 0) is 7.05 Å². The van der Waals surface area contributed by atoms with Crippen LogP contribution in [-0.4, -0.2) is 33.6 Å². The number of ether oxygens (including phenoxy) is 2. The lowest BCUT2D eigenvalue weighted by Gasteiger charge is -2.13. The van der Waals surface area contributed by atoms with E-state index in [4.69, 9.17) is 29.4 Å². The second-order valence-electron chi connectivity index (χ2n) is 14.2. The predicted molar refractivity (Wildman–Crippen MR) is 229 cm³/mol. The Morgan fingerprint density at radius 2 is 0.931 bits per heavy atom. The first-order chi connectivity index (χ1) is 28.6. The van der Waals surface area contributed by atoms with Crippen molar-refractivity contribution in [3.8, 4) is 57.1 Å². The van der Waals surface area contributed by atoms with E-state index >= 15 is 0 Å². The van der Waals surface area contributed by atoms with Crippen molar-refractivity contribution in [1.29, 1.82) is 0 Å². The number of aryl methyl sites for hydroxylation is 1. The minimum Gasteiger partial charge on any atom is -0.457 e. The highest BCUT2D eigenvalue weighted by Gasteiger charge is 2.17. The maximum absolute atomic E-state index is 6.71. The van der Waals surface area contributed by atoms with Crippen LogP contribution in [0.5, 0.6) is 23.0 Å². The maximum atomic E-state index is 6.71. The van der Waals surface area contributed by atoms with Crippen molar-refractivity contribution in [1.82, 2.24) is 33.6 Å². The zero-order valence-electron chi connectivity index (χ0n) is 31.3. The Labute approximate surface area is 332 Å². The molecule has 6 aromatic heterocycles. The van der Waals surface area contributed by atoms with Crippen molar-refractivity contribution >= 4 is 43.6 Å². The normalized spacial score (nSPS) is 11.5. The van der Waals surface area contributed by atoms with Crippen molar-refractivity contribution in [2.24, 2.45) is 7.05 Å². The lowest BCUT2D eigenvalue weighted by molar-refractivity contribution is 0.461. The molecule has 58 heavy (non-hydrogen) atoms. The van der Waals surface area contributed by atoms with Gasteiger partial charge >= 0.3 is 0 Å². The molecule has 9 nitrogen and oxygen atoms in total. The lowest BCUT2D eigenvalue weighted by Crippen LogP contribution is -1.97. The number of hydrogen-bond acceptors (Lipinski definition) is 6. The predicted octanol–water partition coefficient (Wildman–Crippen LogP) is 11.7. The summed E-state index contributed by atoms with van der Waals surface area (Å²) in [6.07, 6.45) is 11.4. The molecule has 0 bridgehead atoms. The number of para-hydroxylation sites is 2. The Morgan fingerprint density at radius 1 is 0.414 bits per heavy atom. The fourth-order valence-electron chi connectivity index (χ4n) is 7.88. The fraction of sp³-hybridized carbons (Fsp3) is 0.0204. The zero-order valence-corrected chi connectivity index (χ0v) is 31.3. The van der Waals surface area contributed by atoms with Gasteiger partial charge in [0.25, 0.3) is 0 Å². The van der Waals surface area contributed by atoms with Crippen LogP contribution in [0.4, 0.5) is 0 Å². The van der Waals surface area contributed by atoms with Gasteiger partial charge in [0.2, 0.25) is 0 Å². The Morgan fingerprint density at radius 3 is 1.43 bits per heavy atom. The summed E-state index contributed by atoms with van der Waals surface area (Å²) >= 11 is 0. The molecule has 0 unspecified atom stereocenters. The summed E-state index contributed by atoms with van der Waals surface area (Å²) in [5.41, 5.74) is 6.85. The molecule has 0 saturated carbocycles. The number of benzene rings is 5. The highest BCUT2D eigenvalue weighted by atomic mass is 16.5. The standard InChI is InChI=1S/C49H33N7O2/c1-54-23-20-32(31-54)34-29-52-49(53-30-34)33-24-37(57-35-16-18-41-39-10-2-4-12-43(39)55(45(41)27-35)47-14-6-8-21-50-47)26-38(25-33)58-36-17-19-42-40-11-3-5-13-44(40)56(46(42)28-36)48-15-7-9-22-51-48/h2-31H,1H3. The number of hydrogen-bond donors (Lipinski definition) is 0. The molecule has 0 N–H and O–H groups in total. The van der Waals surface area contributed by atoms with Gasteiger partial charge in [0, 0.05) is 101 Å². The third-order valence-electron chi connectivity index (χ3n) is 10.5.